The summed E-state index contributed by atoms with van der Waals surface area (Å²) in [6.45, 7) is 3.17. The molecule has 0 saturated carbocycles. The van der Waals surface area contributed by atoms with Gasteiger partial charge in [-0.3, -0.25) is 9.69 Å². The van der Waals surface area contributed by atoms with E-state index in [9.17, 15) is 13.6 Å². The molecular weight excluding hydrogens is 450 g/mol. The second kappa shape index (κ2) is 10.8. The van der Waals surface area contributed by atoms with Gasteiger partial charge in [0.1, 0.15) is 5.75 Å². The van der Waals surface area contributed by atoms with Crippen LogP contribution in [0.15, 0.2) is 58.2 Å². The summed E-state index contributed by atoms with van der Waals surface area (Å²) in [6, 6.07) is 14.3. The lowest BCUT2D eigenvalue weighted by Crippen LogP contribution is -2.48. The van der Waals surface area contributed by atoms with Crippen LogP contribution in [0.1, 0.15) is 11.1 Å². The topological polar surface area (TPSA) is 71.7 Å². The Labute approximate surface area is 194 Å². The van der Waals surface area contributed by atoms with Crippen molar-refractivity contribution in [3.8, 4) is 17.2 Å². The van der Waals surface area contributed by atoms with Crippen LogP contribution in [0, 0.1) is 6.92 Å². The molecule has 33 heavy (non-hydrogen) atoms. The highest BCUT2D eigenvalue weighted by atomic mass is 32.2. The van der Waals surface area contributed by atoms with E-state index in [4.69, 9.17) is 4.42 Å². The molecule has 3 aromatic rings. The lowest BCUT2D eigenvalue weighted by Gasteiger charge is -2.35. The van der Waals surface area contributed by atoms with E-state index in [2.05, 4.69) is 45.0 Å². The van der Waals surface area contributed by atoms with Gasteiger partial charge in [0.05, 0.1) is 5.75 Å². The molecule has 1 saturated heterocycles. The largest absolute Gasteiger partial charge is 0.435 e. The predicted molar refractivity (Wildman–Crippen MR) is 120 cm³/mol. The van der Waals surface area contributed by atoms with E-state index >= 15 is 0 Å². The van der Waals surface area contributed by atoms with Crippen molar-refractivity contribution in [2.45, 2.75) is 25.3 Å². The van der Waals surface area contributed by atoms with Gasteiger partial charge in [0, 0.05) is 38.3 Å². The minimum Gasteiger partial charge on any atom is -0.435 e. The molecule has 0 aliphatic carbocycles. The van der Waals surface area contributed by atoms with Gasteiger partial charge in [0.2, 0.25) is 11.8 Å². The Bertz CT molecular complexity index is 1070. The van der Waals surface area contributed by atoms with Crippen LogP contribution in [0.5, 0.6) is 5.75 Å². The molecule has 0 bridgehead atoms. The third kappa shape index (κ3) is 6.29. The number of halogens is 2. The Balaban J connectivity index is 1.23. The number of carbonyl (C=O) groups is 1. The van der Waals surface area contributed by atoms with Crippen molar-refractivity contribution in [3.05, 3.63) is 59.7 Å². The molecule has 10 heteroatoms. The van der Waals surface area contributed by atoms with Gasteiger partial charge in [-0.25, -0.2) is 0 Å². The number of alkyl halides is 2. The summed E-state index contributed by atoms with van der Waals surface area (Å²) in [4.78, 5) is 16.8. The van der Waals surface area contributed by atoms with E-state index in [1.165, 1.54) is 35.0 Å². The Kier molecular flexibility index (Phi) is 7.56. The monoisotopic (exact) mass is 474 g/mol. The number of hydrogen-bond acceptors (Lipinski definition) is 7. The maximum atomic E-state index is 12.6. The zero-order valence-corrected chi connectivity index (χ0v) is 18.9. The molecule has 2 aromatic carbocycles. The highest BCUT2D eigenvalue weighted by Gasteiger charge is 2.22. The molecule has 2 heterocycles. The van der Waals surface area contributed by atoms with Crippen LogP contribution in [-0.4, -0.2) is 64.4 Å². The molecule has 4 rings (SSSR count). The number of amides is 1. The molecule has 1 aliphatic heterocycles. The van der Waals surface area contributed by atoms with Gasteiger partial charge in [-0.1, -0.05) is 36.0 Å². The number of nitrogens with zero attached hydrogens (tertiary/aromatic N) is 4. The second-order valence-corrected chi connectivity index (χ2v) is 8.57. The number of piperazine rings is 1. The van der Waals surface area contributed by atoms with Gasteiger partial charge in [-0.2, -0.15) is 8.78 Å². The lowest BCUT2D eigenvalue weighted by molar-refractivity contribution is -0.130. The highest BCUT2D eigenvalue weighted by Crippen LogP contribution is 2.26. The molecule has 0 spiro atoms. The van der Waals surface area contributed by atoms with Crippen LogP contribution < -0.4 is 4.74 Å². The SMILES string of the molecule is Cc1ccccc1CN1CCN(C(=O)CSc2nnc(-c3ccc(OC(F)F)cc3)o2)CC1. The van der Waals surface area contributed by atoms with Crippen molar-refractivity contribution in [2.24, 2.45) is 0 Å². The Hall–Kier alpha value is -2.98. The molecule has 0 N–H and O–H groups in total. The minimum atomic E-state index is -2.88. The average Bonchev–Trinajstić information content (AvgIpc) is 3.29. The van der Waals surface area contributed by atoms with Gasteiger partial charge in [-0.05, 0) is 42.3 Å². The van der Waals surface area contributed by atoms with Crippen LogP contribution in [0.2, 0.25) is 0 Å². The lowest BCUT2D eigenvalue weighted by atomic mass is 10.1. The van der Waals surface area contributed by atoms with E-state index in [1.807, 2.05) is 11.0 Å². The van der Waals surface area contributed by atoms with Crippen molar-refractivity contribution in [1.82, 2.24) is 20.0 Å². The first kappa shape index (κ1) is 23.2. The van der Waals surface area contributed by atoms with Crippen LogP contribution >= 0.6 is 11.8 Å². The van der Waals surface area contributed by atoms with E-state index in [0.717, 1.165) is 19.6 Å². The summed E-state index contributed by atoms with van der Waals surface area (Å²) in [5.74, 6) is 0.537. The van der Waals surface area contributed by atoms with Gasteiger partial charge in [0.15, 0.2) is 0 Å². The zero-order chi connectivity index (χ0) is 23.2. The molecule has 1 fully saturated rings. The number of aryl methyl sites for hydroxylation is 1. The fourth-order valence-corrected chi connectivity index (χ4v) is 4.23. The number of rotatable bonds is 8. The molecule has 0 unspecified atom stereocenters. The summed E-state index contributed by atoms with van der Waals surface area (Å²) in [6.07, 6.45) is 0. The van der Waals surface area contributed by atoms with E-state index in [0.29, 0.717) is 18.7 Å². The van der Waals surface area contributed by atoms with Crippen molar-refractivity contribution in [1.29, 1.82) is 0 Å². The average molecular weight is 475 g/mol. The molecule has 1 aromatic heterocycles. The Morgan fingerprint density at radius 3 is 2.52 bits per heavy atom. The number of aromatic nitrogens is 2. The second-order valence-electron chi connectivity index (χ2n) is 7.65. The summed E-state index contributed by atoms with van der Waals surface area (Å²) in [5, 5.41) is 8.21. The molecule has 0 atom stereocenters. The standard InChI is InChI=1S/C23H24F2N4O3S/c1-16-4-2-3-5-18(16)14-28-10-12-29(13-11-28)20(30)15-33-23-27-26-21(32-23)17-6-8-19(9-7-17)31-22(24)25/h2-9,22H,10-15H2,1H3. The fraction of sp³-hybridized carbons (Fsp3) is 0.348. The van der Waals surface area contributed by atoms with Gasteiger partial charge < -0.3 is 14.1 Å². The third-order valence-electron chi connectivity index (χ3n) is 5.43. The zero-order valence-electron chi connectivity index (χ0n) is 18.1. The van der Waals surface area contributed by atoms with Crippen molar-refractivity contribution in [3.63, 3.8) is 0 Å². The van der Waals surface area contributed by atoms with Crippen molar-refractivity contribution < 1.29 is 22.7 Å². The van der Waals surface area contributed by atoms with Crippen molar-refractivity contribution in [2.75, 3.05) is 31.9 Å². The first-order valence-corrected chi connectivity index (χ1v) is 11.5. The summed E-state index contributed by atoms with van der Waals surface area (Å²) in [7, 11) is 0. The Morgan fingerprint density at radius 1 is 1.09 bits per heavy atom. The van der Waals surface area contributed by atoms with Crippen LogP contribution in [0.4, 0.5) is 8.78 Å². The maximum absolute atomic E-state index is 12.6. The number of hydrogen-bond donors (Lipinski definition) is 0. The molecule has 1 amide bonds. The van der Waals surface area contributed by atoms with Gasteiger partial charge in [0.25, 0.3) is 5.22 Å². The normalized spacial score (nSPS) is 14.6. The number of thioether (sulfide) groups is 1. The first-order valence-electron chi connectivity index (χ1n) is 10.5. The number of carbonyl (C=O) groups excluding carboxylic acids is 1. The molecule has 0 radical (unpaired) electrons. The molecule has 1 aliphatic rings. The summed E-state index contributed by atoms with van der Waals surface area (Å²) >= 11 is 1.19. The van der Waals surface area contributed by atoms with Gasteiger partial charge in [-0.15, -0.1) is 10.2 Å². The van der Waals surface area contributed by atoms with E-state index in [1.54, 1.807) is 12.1 Å². The molecular formula is C23H24F2N4O3S. The maximum Gasteiger partial charge on any atom is 0.387 e. The van der Waals surface area contributed by atoms with E-state index < -0.39 is 6.61 Å². The highest BCUT2D eigenvalue weighted by molar-refractivity contribution is 7.99. The summed E-state index contributed by atoms with van der Waals surface area (Å²) < 4.78 is 34.4. The van der Waals surface area contributed by atoms with Crippen molar-refractivity contribution >= 4 is 17.7 Å². The van der Waals surface area contributed by atoms with Crippen LogP contribution in [-0.2, 0) is 11.3 Å². The predicted octanol–water partition coefficient (Wildman–Crippen LogP) is 4.08. The molecule has 7 nitrogen and oxygen atoms in total. The Morgan fingerprint density at radius 2 is 1.82 bits per heavy atom. The minimum absolute atomic E-state index is 0.0313. The van der Waals surface area contributed by atoms with E-state index in [-0.39, 0.29) is 28.5 Å². The van der Waals surface area contributed by atoms with Crippen LogP contribution in [0.3, 0.4) is 0 Å². The third-order valence-corrected chi connectivity index (χ3v) is 6.24. The molecule has 174 valence electrons. The number of benzene rings is 2. The van der Waals surface area contributed by atoms with Gasteiger partial charge >= 0.3 is 6.61 Å². The fourth-order valence-electron chi connectivity index (χ4n) is 3.56. The number of ether oxygens (including phenoxy) is 1. The quantitative estimate of drug-likeness (QED) is 0.456. The van der Waals surface area contributed by atoms with Crippen LogP contribution in [0.25, 0.3) is 11.5 Å². The first-order chi connectivity index (χ1) is 16.0. The summed E-state index contributed by atoms with van der Waals surface area (Å²) in [5.41, 5.74) is 3.17. The smallest absolute Gasteiger partial charge is 0.387 e.